The summed E-state index contributed by atoms with van der Waals surface area (Å²) in [6, 6.07) is 22.9. The molecule has 0 radical (unpaired) electrons. The minimum Gasteiger partial charge on any atom is -0.440 e. The molecule has 0 amide bonds. The molecule has 0 heterocycles. The van der Waals surface area contributed by atoms with Crippen LogP contribution in [-0.2, 0) is 8.23 Å². The average Bonchev–Trinajstić information content (AvgIpc) is 2.59. The van der Waals surface area contributed by atoms with Crippen LogP contribution in [0.5, 0.6) is 0 Å². The molecule has 0 unspecified atom stereocenters. The van der Waals surface area contributed by atoms with Gasteiger partial charge in [0.05, 0.1) is 0 Å². The van der Waals surface area contributed by atoms with E-state index in [-0.39, 0.29) is 0 Å². The van der Waals surface area contributed by atoms with Crippen LogP contribution in [0, 0.1) is 0 Å². The van der Waals surface area contributed by atoms with Gasteiger partial charge in [0.25, 0.3) is 0 Å². The van der Waals surface area contributed by atoms with E-state index < -0.39 is 25.9 Å². The first-order valence-corrected chi connectivity index (χ1v) is 17.1. The van der Waals surface area contributed by atoms with Crippen molar-refractivity contribution in [2.45, 2.75) is 52.0 Å². The SMILES string of the molecule is CCCC[Si](O[Si](C)(C)O[SiH](C)C)(c1ccccc1)c1ccccc1. The topological polar surface area (TPSA) is 18.5 Å². The summed E-state index contributed by atoms with van der Waals surface area (Å²) in [5.74, 6) is 0. The average molecular weight is 389 g/mol. The van der Waals surface area contributed by atoms with Gasteiger partial charge in [0.1, 0.15) is 0 Å². The molecule has 0 atom stereocenters. The summed E-state index contributed by atoms with van der Waals surface area (Å²) in [6.45, 7) is 11.2. The predicted octanol–water partition coefficient (Wildman–Crippen LogP) is 4.26. The van der Waals surface area contributed by atoms with E-state index in [0.29, 0.717) is 0 Å². The lowest BCUT2D eigenvalue weighted by atomic mass is 10.4. The van der Waals surface area contributed by atoms with Gasteiger partial charge < -0.3 is 8.23 Å². The maximum atomic E-state index is 7.10. The van der Waals surface area contributed by atoms with Crippen LogP contribution >= 0.6 is 0 Å². The van der Waals surface area contributed by atoms with E-state index in [1.807, 2.05) is 0 Å². The van der Waals surface area contributed by atoms with E-state index in [1.54, 1.807) is 0 Å². The molecule has 0 spiro atoms. The summed E-state index contributed by atoms with van der Waals surface area (Å²) >= 11 is 0. The van der Waals surface area contributed by atoms with Gasteiger partial charge in [-0.25, -0.2) is 0 Å². The van der Waals surface area contributed by atoms with Crippen molar-refractivity contribution in [3.8, 4) is 0 Å². The summed E-state index contributed by atoms with van der Waals surface area (Å²) < 4.78 is 13.5. The summed E-state index contributed by atoms with van der Waals surface area (Å²) in [5.41, 5.74) is 0. The zero-order chi connectivity index (χ0) is 18.3. The number of hydrogen-bond donors (Lipinski definition) is 0. The molecule has 2 rings (SSSR count). The molecular formula is C20H32O2Si3. The Morgan fingerprint density at radius 1 is 0.840 bits per heavy atom. The molecule has 5 heteroatoms. The molecule has 2 nitrogen and oxygen atoms in total. The maximum absolute atomic E-state index is 7.10. The lowest BCUT2D eigenvalue weighted by Crippen LogP contribution is -2.65. The van der Waals surface area contributed by atoms with Crippen LogP contribution in [0.1, 0.15) is 19.8 Å². The Bertz CT molecular complexity index is 590. The zero-order valence-electron chi connectivity index (χ0n) is 16.3. The van der Waals surface area contributed by atoms with Crippen LogP contribution in [0.15, 0.2) is 60.7 Å². The Hall–Kier alpha value is -0.989. The maximum Gasteiger partial charge on any atom is 0.311 e. The summed E-state index contributed by atoms with van der Waals surface area (Å²) in [7, 11) is -5.65. The van der Waals surface area contributed by atoms with E-state index in [1.165, 1.54) is 23.2 Å². The molecule has 0 fully saturated rings. The molecule has 136 valence electrons. The van der Waals surface area contributed by atoms with E-state index in [0.717, 1.165) is 6.04 Å². The second kappa shape index (κ2) is 9.09. The van der Waals surface area contributed by atoms with Gasteiger partial charge in [-0.3, -0.25) is 0 Å². The van der Waals surface area contributed by atoms with Crippen LogP contribution in [0.3, 0.4) is 0 Å². The first kappa shape index (κ1) is 20.3. The Morgan fingerprint density at radius 3 is 1.72 bits per heavy atom. The van der Waals surface area contributed by atoms with Gasteiger partial charge in [-0.15, -0.1) is 0 Å². The normalized spacial score (nSPS) is 12.6. The quantitative estimate of drug-likeness (QED) is 0.597. The van der Waals surface area contributed by atoms with Gasteiger partial charge in [-0.05, 0) is 42.6 Å². The fourth-order valence-corrected chi connectivity index (χ4v) is 16.6. The third kappa shape index (κ3) is 5.49. The number of unbranched alkanes of at least 4 members (excludes halogenated alkanes) is 1. The molecule has 0 aromatic heterocycles. The zero-order valence-corrected chi connectivity index (χ0v) is 19.4. The van der Waals surface area contributed by atoms with Gasteiger partial charge in [0.15, 0.2) is 9.04 Å². The number of benzene rings is 2. The molecule has 0 bridgehead atoms. The molecule has 0 saturated carbocycles. The molecule has 0 N–H and O–H groups in total. The summed E-state index contributed by atoms with van der Waals surface area (Å²) in [5, 5.41) is 2.73. The standard InChI is InChI=1S/C20H32O2Si3/c1-6-7-18-25(19-14-10-8-11-15-19,20-16-12-9-13-17-20)22-24(4,5)21-23(2)3/h8-17,23H,6-7,18H2,1-5H3. The van der Waals surface area contributed by atoms with Crippen molar-refractivity contribution in [1.82, 2.24) is 0 Å². The fraction of sp³-hybridized carbons (Fsp3) is 0.400. The molecule has 0 aliphatic carbocycles. The fourth-order valence-electron chi connectivity index (χ4n) is 3.48. The molecule has 0 aliphatic rings. The van der Waals surface area contributed by atoms with E-state index in [9.17, 15) is 0 Å². The third-order valence-electron chi connectivity index (χ3n) is 4.30. The predicted molar refractivity (Wildman–Crippen MR) is 116 cm³/mol. The highest BCUT2D eigenvalue weighted by Gasteiger charge is 2.44. The number of hydrogen-bond acceptors (Lipinski definition) is 2. The largest absolute Gasteiger partial charge is 0.440 e. The van der Waals surface area contributed by atoms with Crippen molar-refractivity contribution < 1.29 is 8.23 Å². The lowest BCUT2D eigenvalue weighted by molar-refractivity contribution is 0.406. The van der Waals surface area contributed by atoms with Crippen LogP contribution in [-0.4, -0.2) is 25.9 Å². The van der Waals surface area contributed by atoms with Crippen LogP contribution in [0.25, 0.3) is 0 Å². The molecular weight excluding hydrogens is 356 g/mol. The van der Waals surface area contributed by atoms with Crippen molar-refractivity contribution in [3.05, 3.63) is 60.7 Å². The van der Waals surface area contributed by atoms with Crippen molar-refractivity contribution in [2.75, 3.05) is 0 Å². The van der Waals surface area contributed by atoms with Crippen molar-refractivity contribution in [3.63, 3.8) is 0 Å². The highest BCUT2D eigenvalue weighted by molar-refractivity contribution is 7.02. The molecule has 0 aliphatic heterocycles. The monoisotopic (exact) mass is 388 g/mol. The van der Waals surface area contributed by atoms with Crippen LogP contribution in [0.4, 0.5) is 0 Å². The number of rotatable bonds is 9. The van der Waals surface area contributed by atoms with E-state index >= 15 is 0 Å². The highest BCUT2D eigenvalue weighted by atomic mass is 28.5. The highest BCUT2D eigenvalue weighted by Crippen LogP contribution is 2.23. The smallest absolute Gasteiger partial charge is 0.311 e. The van der Waals surface area contributed by atoms with Crippen molar-refractivity contribution in [1.29, 1.82) is 0 Å². The van der Waals surface area contributed by atoms with Crippen LogP contribution in [0.2, 0.25) is 32.2 Å². The minimum absolute atomic E-state index is 1.11. The van der Waals surface area contributed by atoms with Gasteiger partial charge in [-0.1, -0.05) is 80.4 Å². The lowest BCUT2D eigenvalue weighted by Gasteiger charge is -2.40. The van der Waals surface area contributed by atoms with Crippen molar-refractivity contribution >= 4 is 36.3 Å². The second-order valence-corrected chi connectivity index (χ2v) is 17.3. The Kier molecular flexibility index (Phi) is 7.39. The molecule has 0 saturated heterocycles. The molecule has 25 heavy (non-hydrogen) atoms. The van der Waals surface area contributed by atoms with Crippen molar-refractivity contribution in [2.24, 2.45) is 0 Å². The first-order chi connectivity index (χ1) is 11.9. The third-order valence-corrected chi connectivity index (χ3v) is 15.4. The van der Waals surface area contributed by atoms with Gasteiger partial charge in [0, 0.05) is 0 Å². The van der Waals surface area contributed by atoms with Gasteiger partial charge in [-0.2, -0.15) is 0 Å². The van der Waals surface area contributed by atoms with E-state index in [4.69, 9.17) is 8.23 Å². The second-order valence-electron chi connectivity index (χ2n) is 7.33. The van der Waals surface area contributed by atoms with Crippen LogP contribution < -0.4 is 10.4 Å². The van der Waals surface area contributed by atoms with E-state index in [2.05, 4.69) is 93.8 Å². The molecule has 2 aromatic carbocycles. The molecule has 2 aromatic rings. The Morgan fingerprint density at radius 2 is 1.32 bits per heavy atom. The van der Waals surface area contributed by atoms with Gasteiger partial charge in [0.2, 0.25) is 8.32 Å². The summed E-state index contributed by atoms with van der Waals surface area (Å²) in [4.78, 5) is 0. The Labute approximate surface area is 157 Å². The van der Waals surface area contributed by atoms with Gasteiger partial charge >= 0.3 is 8.56 Å². The first-order valence-electron chi connectivity index (χ1n) is 9.38. The Balaban J connectivity index is 2.55. The summed E-state index contributed by atoms with van der Waals surface area (Å²) in [6.07, 6.45) is 2.36. The minimum atomic E-state index is -2.31.